The van der Waals surface area contributed by atoms with Crippen LogP contribution >= 0.6 is 0 Å². The number of hydrogen-bond acceptors (Lipinski definition) is 3. The van der Waals surface area contributed by atoms with Gasteiger partial charge in [0, 0.05) is 33.8 Å². The van der Waals surface area contributed by atoms with Gasteiger partial charge in [0.2, 0.25) is 0 Å². The molecule has 4 aromatic heterocycles. The third-order valence-electron chi connectivity index (χ3n) is 15.3. The van der Waals surface area contributed by atoms with Gasteiger partial charge in [-0.3, -0.25) is 13.7 Å². The lowest BCUT2D eigenvalue weighted by Crippen LogP contribution is -2.32. The molecule has 5 heterocycles. The SMILES string of the molecule is CC(C)(C)c1ccnc(-n2c3ccccc3c3ccc(Oc4cccc(-n5[c-][n+]6c7c(cccc75)-c5ccccc5-c5ccccc5-c5cccc(-c7ccc8oc9ccc(-c%10ccccc%10)cc9c8c7)c5-6)c4)cc32)c1. The second-order valence-corrected chi connectivity index (χ2v) is 20.9. The number of hydrogen-bond donors (Lipinski definition) is 0. The van der Waals surface area contributed by atoms with Crippen LogP contribution in [0.15, 0.2) is 241 Å². The molecule has 0 radical (unpaired) electrons. The average Bonchev–Trinajstić information content (AvgIpc) is 4.15. The lowest BCUT2D eigenvalue weighted by atomic mass is 9.88. The van der Waals surface area contributed by atoms with Crippen LogP contribution in [0, 0.1) is 6.33 Å². The maximum atomic E-state index is 6.89. The number of rotatable bonds is 6. The van der Waals surface area contributed by atoms with Crippen molar-refractivity contribution in [3.05, 3.63) is 249 Å². The van der Waals surface area contributed by atoms with Gasteiger partial charge in [0.1, 0.15) is 28.5 Å². The van der Waals surface area contributed by atoms with Crippen molar-refractivity contribution in [1.82, 2.24) is 14.1 Å². The predicted molar refractivity (Wildman–Crippen MR) is 309 cm³/mol. The van der Waals surface area contributed by atoms with Crippen molar-refractivity contribution in [2.45, 2.75) is 26.2 Å². The Bertz CT molecular complexity index is 4660. The number of benzene rings is 10. The summed E-state index contributed by atoms with van der Waals surface area (Å²) in [7, 11) is 0. The Balaban J connectivity index is 0.910. The van der Waals surface area contributed by atoms with Crippen molar-refractivity contribution in [2.24, 2.45) is 0 Å². The van der Waals surface area contributed by atoms with Gasteiger partial charge in [-0.1, -0.05) is 172 Å². The Morgan fingerprint density at radius 2 is 1.05 bits per heavy atom. The maximum Gasteiger partial charge on any atom is 0.269 e. The van der Waals surface area contributed by atoms with E-state index in [-0.39, 0.29) is 5.41 Å². The standard InChI is InChI=1S/C70H48N4O2/c1-70(2,3)47-36-37-71-67(40-47)74-62-28-12-11-24-56(62)57-33-32-50(42-64(57)74)75-49-19-13-18-48(41-49)72-43-73-68-51(46-31-35-66-61(39-46)60-38-45(30-34-65(60)76-66)44-16-5-4-6-17-44)25-14-26-58(68)54-22-9-7-20-52(54)53-21-8-10-23-55(53)59-27-15-29-63(72)69(59)73/h4-42H,1-3H3. The van der Waals surface area contributed by atoms with E-state index in [4.69, 9.17) is 14.1 Å². The minimum Gasteiger partial charge on any atom is -0.458 e. The third kappa shape index (κ3) is 6.95. The number of nitrogens with zero attached hydrogens (tertiary/aromatic N) is 4. The lowest BCUT2D eigenvalue weighted by Gasteiger charge is -2.20. The molecule has 15 rings (SSSR count). The number of fused-ring (bicyclic) bond motifs is 13. The first-order chi connectivity index (χ1) is 37.3. The van der Waals surface area contributed by atoms with E-state index >= 15 is 0 Å². The van der Waals surface area contributed by atoms with Crippen LogP contribution in [0.25, 0.3) is 128 Å². The van der Waals surface area contributed by atoms with Crippen LogP contribution in [0.1, 0.15) is 26.3 Å². The highest BCUT2D eigenvalue weighted by Gasteiger charge is 2.27. The molecular formula is C70H48N4O2. The van der Waals surface area contributed by atoms with Gasteiger partial charge >= 0.3 is 0 Å². The first-order valence-electron chi connectivity index (χ1n) is 25.9. The van der Waals surface area contributed by atoms with Crippen molar-refractivity contribution < 1.29 is 13.7 Å². The number of furan rings is 1. The van der Waals surface area contributed by atoms with Crippen molar-refractivity contribution in [2.75, 3.05) is 0 Å². The zero-order valence-corrected chi connectivity index (χ0v) is 42.1. The molecule has 1 aliphatic heterocycles. The number of aromatic nitrogens is 4. The predicted octanol–water partition coefficient (Wildman–Crippen LogP) is 17.8. The highest BCUT2D eigenvalue weighted by atomic mass is 16.5. The Kier molecular flexibility index (Phi) is 9.72. The number of para-hydroxylation sites is 3. The Morgan fingerprint density at radius 3 is 1.84 bits per heavy atom. The van der Waals surface area contributed by atoms with E-state index in [0.29, 0.717) is 5.75 Å². The summed E-state index contributed by atoms with van der Waals surface area (Å²) in [4.78, 5) is 4.92. The molecule has 76 heavy (non-hydrogen) atoms. The molecule has 0 saturated heterocycles. The van der Waals surface area contributed by atoms with Crippen molar-refractivity contribution >= 4 is 54.8 Å². The van der Waals surface area contributed by atoms with E-state index in [1.54, 1.807) is 0 Å². The van der Waals surface area contributed by atoms with Crippen LogP contribution in [-0.2, 0) is 5.41 Å². The van der Waals surface area contributed by atoms with Crippen LogP contribution in [0.5, 0.6) is 11.5 Å². The maximum absolute atomic E-state index is 6.89. The molecule has 0 atom stereocenters. The van der Waals surface area contributed by atoms with Gasteiger partial charge in [0.15, 0.2) is 0 Å². The minimum absolute atomic E-state index is 0.0321. The van der Waals surface area contributed by atoms with Crippen LogP contribution in [0.3, 0.4) is 0 Å². The fourth-order valence-electron chi connectivity index (χ4n) is 11.7. The fraction of sp³-hybridized carbons (Fsp3) is 0.0571. The molecule has 14 aromatic rings. The summed E-state index contributed by atoms with van der Waals surface area (Å²) in [6.07, 6.45) is 5.90. The number of ether oxygens (including phenoxy) is 1. The van der Waals surface area contributed by atoms with E-state index in [2.05, 4.69) is 265 Å². The molecular weight excluding hydrogens is 929 g/mol. The van der Waals surface area contributed by atoms with Crippen LogP contribution in [0.2, 0.25) is 0 Å². The van der Waals surface area contributed by atoms with Gasteiger partial charge in [-0.25, -0.2) is 4.98 Å². The quantitative estimate of drug-likeness (QED) is 0.123. The van der Waals surface area contributed by atoms with Crippen molar-refractivity contribution in [3.8, 4) is 84.3 Å². The Labute approximate surface area is 439 Å². The highest BCUT2D eigenvalue weighted by Crippen LogP contribution is 2.46. The molecule has 0 amide bonds. The van der Waals surface area contributed by atoms with Gasteiger partial charge in [0.05, 0.1) is 33.4 Å². The van der Waals surface area contributed by atoms with E-state index in [1.807, 2.05) is 12.3 Å². The zero-order chi connectivity index (χ0) is 50.6. The molecule has 0 bridgehead atoms. The summed E-state index contributed by atoms with van der Waals surface area (Å²) >= 11 is 0. The number of imidazole rings is 1. The second kappa shape index (κ2) is 16.9. The van der Waals surface area contributed by atoms with Crippen LogP contribution < -0.4 is 9.30 Å². The summed E-state index contributed by atoms with van der Waals surface area (Å²) in [6, 6.07) is 82.2. The molecule has 360 valence electrons. The summed E-state index contributed by atoms with van der Waals surface area (Å²) in [5, 5.41) is 4.46. The molecule has 6 nitrogen and oxygen atoms in total. The number of pyridine rings is 1. The highest BCUT2D eigenvalue weighted by molar-refractivity contribution is 6.10. The molecule has 0 fully saturated rings. The summed E-state index contributed by atoms with van der Waals surface area (Å²) in [5.41, 5.74) is 20.4. The van der Waals surface area contributed by atoms with Crippen molar-refractivity contribution in [3.63, 3.8) is 0 Å². The first kappa shape index (κ1) is 43.8. The smallest absolute Gasteiger partial charge is 0.269 e. The van der Waals surface area contributed by atoms with E-state index in [0.717, 1.165) is 111 Å². The first-order valence-corrected chi connectivity index (χ1v) is 25.9. The molecule has 0 saturated carbocycles. The molecule has 6 heteroatoms. The van der Waals surface area contributed by atoms with Gasteiger partial charge in [-0.2, -0.15) is 0 Å². The molecule has 0 unspecified atom stereocenters. The topological polar surface area (TPSA) is 49.0 Å². The zero-order valence-electron chi connectivity index (χ0n) is 42.1. The monoisotopic (exact) mass is 976 g/mol. The summed E-state index contributed by atoms with van der Waals surface area (Å²) in [6.45, 7) is 6.72. The van der Waals surface area contributed by atoms with Gasteiger partial charge in [-0.15, -0.1) is 0 Å². The molecule has 0 aliphatic carbocycles. The Morgan fingerprint density at radius 1 is 0.447 bits per heavy atom. The van der Waals surface area contributed by atoms with Crippen molar-refractivity contribution in [1.29, 1.82) is 0 Å². The molecule has 1 aliphatic rings. The summed E-state index contributed by atoms with van der Waals surface area (Å²) in [5.74, 6) is 2.32. The normalized spacial score (nSPS) is 12.1. The van der Waals surface area contributed by atoms with Gasteiger partial charge < -0.3 is 9.15 Å². The van der Waals surface area contributed by atoms with Gasteiger partial charge in [-0.05, 0) is 139 Å². The van der Waals surface area contributed by atoms with E-state index < -0.39 is 0 Å². The largest absolute Gasteiger partial charge is 0.458 e. The van der Waals surface area contributed by atoms with Crippen LogP contribution in [-0.4, -0.2) is 14.1 Å². The molecule has 0 N–H and O–H groups in total. The lowest BCUT2D eigenvalue weighted by molar-refractivity contribution is -0.570. The van der Waals surface area contributed by atoms with E-state index in [1.165, 1.54) is 27.6 Å². The van der Waals surface area contributed by atoms with Gasteiger partial charge in [0.25, 0.3) is 6.33 Å². The minimum atomic E-state index is -0.0321. The summed E-state index contributed by atoms with van der Waals surface area (Å²) < 4.78 is 20.2. The molecule has 0 spiro atoms. The average molecular weight is 977 g/mol. The van der Waals surface area contributed by atoms with Crippen LogP contribution in [0.4, 0.5) is 0 Å². The molecule has 10 aromatic carbocycles. The second-order valence-electron chi connectivity index (χ2n) is 20.9. The van der Waals surface area contributed by atoms with E-state index in [9.17, 15) is 0 Å². The Hall–Kier alpha value is -9.78. The third-order valence-corrected chi connectivity index (χ3v) is 15.3. The fourth-order valence-corrected chi connectivity index (χ4v) is 11.7.